The first-order valence-corrected chi connectivity index (χ1v) is 7.68. The second-order valence-corrected chi connectivity index (χ2v) is 5.12. The maximum atomic E-state index is 5.70. The number of unbranched alkanes of at least 4 members (excludes halogenated alkanes) is 2. The average Bonchev–Trinajstić information content (AvgIpc) is 3.03. The van der Waals surface area contributed by atoms with Crippen LogP contribution < -0.4 is 20.5 Å². The molecule has 0 atom stereocenters. The van der Waals surface area contributed by atoms with Crippen molar-refractivity contribution in [3.63, 3.8) is 0 Å². The van der Waals surface area contributed by atoms with Gasteiger partial charge in [0, 0.05) is 0 Å². The van der Waals surface area contributed by atoms with Crippen LogP contribution in [0.15, 0.2) is 29.4 Å². The lowest BCUT2D eigenvalue weighted by Crippen LogP contribution is -2.73. The number of guanidine groups is 1. The SMILES string of the molecule is CCCCCOc1ccc(/C(C)=N/NC2=[NH+]CCN2)cc1. The van der Waals surface area contributed by atoms with Gasteiger partial charge in [0.05, 0.1) is 25.4 Å². The molecule has 0 aliphatic carbocycles. The number of hydrazone groups is 1. The molecule has 0 spiro atoms. The largest absolute Gasteiger partial charge is 0.494 e. The van der Waals surface area contributed by atoms with Crippen LogP contribution in [0.1, 0.15) is 38.7 Å². The maximum Gasteiger partial charge on any atom is 0.367 e. The van der Waals surface area contributed by atoms with Crippen molar-refractivity contribution < 1.29 is 9.73 Å². The predicted octanol–water partition coefficient (Wildman–Crippen LogP) is 0.609. The molecular formula is C16H25N4O+. The smallest absolute Gasteiger partial charge is 0.367 e. The molecule has 0 saturated carbocycles. The molecule has 3 N–H and O–H groups in total. The van der Waals surface area contributed by atoms with Crippen LogP contribution in [0.25, 0.3) is 0 Å². The Balaban J connectivity index is 1.84. The Labute approximate surface area is 126 Å². The fraction of sp³-hybridized carbons (Fsp3) is 0.500. The van der Waals surface area contributed by atoms with Gasteiger partial charge in [0.1, 0.15) is 5.75 Å². The Morgan fingerprint density at radius 3 is 2.81 bits per heavy atom. The molecule has 1 aliphatic heterocycles. The predicted molar refractivity (Wildman–Crippen MR) is 85.6 cm³/mol. The van der Waals surface area contributed by atoms with Crippen molar-refractivity contribution in [3.05, 3.63) is 29.8 Å². The van der Waals surface area contributed by atoms with Crippen LogP contribution >= 0.6 is 0 Å². The summed E-state index contributed by atoms with van der Waals surface area (Å²) in [5.74, 6) is 1.79. The summed E-state index contributed by atoms with van der Waals surface area (Å²) < 4.78 is 5.70. The summed E-state index contributed by atoms with van der Waals surface area (Å²) in [5, 5.41) is 7.53. The number of hydrogen-bond donors (Lipinski definition) is 3. The monoisotopic (exact) mass is 289 g/mol. The third-order valence-electron chi connectivity index (χ3n) is 3.35. The van der Waals surface area contributed by atoms with E-state index < -0.39 is 0 Å². The highest BCUT2D eigenvalue weighted by Gasteiger charge is 2.10. The molecule has 0 amide bonds. The molecule has 0 bridgehead atoms. The standard InChI is InChI=1S/C16H24N4O/c1-3-4-5-12-21-15-8-6-14(7-9-15)13(2)19-20-16-17-10-11-18-16/h6-9H,3-5,10-12H2,1-2H3,(H2,17,18,20)/p+1/b19-13+. The van der Waals surface area contributed by atoms with E-state index in [4.69, 9.17) is 4.74 Å². The third-order valence-corrected chi connectivity index (χ3v) is 3.35. The van der Waals surface area contributed by atoms with E-state index in [1.807, 2.05) is 31.2 Å². The van der Waals surface area contributed by atoms with E-state index in [9.17, 15) is 0 Å². The van der Waals surface area contributed by atoms with Gasteiger partial charge in [-0.05, 0) is 43.2 Å². The van der Waals surface area contributed by atoms with Crippen LogP contribution in [-0.2, 0) is 0 Å². The molecule has 1 aromatic rings. The molecule has 114 valence electrons. The van der Waals surface area contributed by atoms with Crippen molar-refractivity contribution >= 4 is 11.7 Å². The lowest BCUT2D eigenvalue weighted by molar-refractivity contribution is -0.446. The molecule has 0 aromatic heterocycles. The topological polar surface area (TPSA) is 59.6 Å². The van der Waals surface area contributed by atoms with E-state index in [2.05, 4.69) is 27.8 Å². The molecule has 5 nitrogen and oxygen atoms in total. The van der Waals surface area contributed by atoms with E-state index in [0.717, 1.165) is 49.1 Å². The first-order chi connectivity index (χ1) is 10.3. The lowest BCUT2D eigenvalue weighted by Gasteiger charge is -2.06. The molecular weight excluding hydrogens is 264 g/mol. The molecule has 1 heterocycles. The number of nitrogens with zero attached hydrogens (tertiary/aromatic N) is 1. The van der Waals surface area contributed by atoms with E-state index in [0.29, 0.717) is 0 Å². The number of nitrogens with one attached hydrogen (secondary N) is 3. The van der Waals surface area contributed by atoms with Crippen molar-refractivity contribution in [2.45, 2.75) is 33.1 Å². The summed E-state index contributed by atoms with van der Waals surface area (Å²) in [6.07, 6.45) is 3.55. The first kappa shape index (κ1) is 15.4. The summed E-state index contributed by atoms with van der Waals surface area (Å²) in [6.45, 7) is 6.83. The first-order valence-electron chi connectivity index (χ1n) is 7.68. The highest BCUT2D eigenvalue weighted by atomic mass is 16.5. The second-order valence-electron chi connectivity index (χ2n) is 5.12. The zero-order chi connectivity index (χ0) is 14.9. The minimum atomic E-state index is 0.789. The quantitative estimate of drug-likeness (QED) is 0.391. The Bertz CT molecular complexity index is 494. The molecule has 0 saturated heterocycles. The molecule has 1 aromatic carbocycles. The zero-order valence-corrected chi connectivity index (χ0v) is 12.9. The van der Waals surface area contributed by atoms with E-state index in [-0.39, 0.29) is 0 Å². The van der Waals surface area contributed by atoms with E-state index in [1.165, 1.54) is 12.8 Å². The van der Waals surface area contributed by atoms with Crippen molar-refractivity contribution in [2.24, 2.45) is 5.10 Å². The van der Waals surface area contributed by atoms with Crippen molar-refractivity contribution in [3.8, 4) is 5.75 Å². The summed E-state index contributed by atoms with van der Waals surface area (Å²) in [5.41, 5.74) is 5.02. The van der Waals surface area contributed by atoms with Gasteiger partial charge in [0.2, 0.25) is 0 Å². The van der Waals surface area contributed by atoms with Gasteiger partial charge in [0.25, 0.3) is 0 Å². The number of benzene rings is 1. The zero-order valence-electron chi connectivity index (χ0n) is 12.9. The third kappa shape index (κ3) is 5.10. The second kappa shape index (κ2) is 8.29. The Morgan fingerprint density at radius 2 is 2.14 bits per heavy atom. The number of hydrogen-bond acceptors (Lipinski definition) is 4. The number of rotatable bonds is 7. The van der Waals surface area contributed by atoms with Crippen molar-refractivity contribution in [2.75, 3.05) is 19.7 Å². The molecule has 2 rings (SSSR count). The Hall–Kier alpha value is -2.04. The molecule has 21 heavy (non-hydrogen) atoms. The van der Waals surface area contributed by atoms with Gasteiger partial charge >= 0.3 is 5.96 Å². The van der Waals surface area contributed by atoms with Crippen LogP contribution in [0, 0.1) is 0 Å². The highest BCUT2D eigenvalue weighted by Crippen LogP contribution is 2.13. The average molecular weight is 289 g/mol. The lowest BCUT2D eigenvalue weighted by atomic mass is 10.1. The minimum Gasteiger partial charge on any atom is -0.494 e. The Morgan fingerprint density at radius 1 is 1.33 bits per heavy atom. The molecule has 1 aliphatic rings. The van der Waals surface area contributed by atoms with E-state index >= 15 is 0 Å². The number of ether oxygens (including phenoxy) is 1. The van der Waals surface area contributed by atoms with E-state index in [1.54, 1.807) is 0 Å². The van der Waals surface area contributed by atoms with Gasteiger partial charge in [0.15, 0.2) is 0 Å². The molecule has 5 heteroatoms. The summed E-state index contributed by atoms with van der Waals surface area (Å²) >= 11 is 0. The molecule has 0 radical (unpaired) electrons. The van der Waals surface area contributed by atoms with Gasteiger partial charge in [-0.15, -0.1) is 5.10 Å². The maximum absolute atomic E-state index is 5.70. The van der Waals surface area contributed by atoms with Gasteiger partial charge in [-0.2, -0.15) is 5.43 Å². The van der Waals surface area contributed by atoms with Crippen LogP contribution in [-0.4, -0.2) is 31.4 Å². The van der Waals surface area contributed by atoms with Crippen LogP contribution in [0.2, 0.25) is 0 Å². The summed E-state index contributed by atoms with van der Waals surface area (Å²) in [4.78, 5) is 3.17. The van der Waals surface area contributed by atoms with Crippen molar-refractivity contribution in [1.82, 2.24) is 10.7 Å². The highest BCUT2D eigenvalue weighted by molar-refractivity contribution is 5.99. The van der Waals surface area contributed by atoms with Crippen LogP contribution in [0.5, 0.6) is 5.75 Å². The van der Waals surface area contributed by atoms with Gasteiger partial charge in [-0.1, -0.05) is 19.8 Å². The molecule has 0 unspecified atom stereocenters. The summed E-state index contributed by atoms with van der Waals surface area (Å²) in [6, 6.07) is 8.07. The normalized spacial score (nSPS) is 14.6. The fourth-order valence-corrected chi connectivity index (χ4v) is 2.06. The fourth-order valence-electron chi connectivity index (χ4n) is 2.06. The van der Waals surface area contributed by atoms with Crippen LogP contribution in [0.3, 0.4) is 0 Å². The van der Waals surface area contributed by atoms with Gasteiger partial charge in [-0.25, -0.2) is 0 Å². The Kier molecular flexibility index (Phi) is 6.06. The van der Waals surface area contributed by atoms with Gasteiger partial charge < -0.3 is 4.74 Å². The summed E-state index contributed by atoms with van der Waals surface area (Å²) in [7, 11) is 0. The minimum absolute atomic E-state index is 0.789. The van der Waals surface area contributed by atoms with Crippen molar-refractivity contribution in [1.29, 1.82) is 0 Å². The van der Waals surface area contributed by atoms with Crippen LogP contribution in [0.4, 0.5) is 0 Å². The molecule has 0 fully saturated rings. The van der Waals surface area contributed by atoms with Gasteiger partial charge in [-0.3, -0.25) is 10.3 Å².